The van der Waals surface area contributed by atoms with Gasteiger partial charge in [0, 0.05) is 28.7 Å². The number of hydrogen-bond donors (Lipinski definition) is 0. The largest absolute Gasteiger partial charge is 0.294 e. The van der Waals surface area contributed by atoms with Crippen LogP contribution in [0.25, 0.3) is 115 Å². The Balaban J connectivity index is 1.02. The van der Waals surface area contributed by atoms with Gasteiger partial charge in [0.25, 0.3) is 0 Å². The Labute approximate surface area is 341 Å². The van der Waals surface area contributed by atoms with E-state index in [1.807, 2.05) is 12.4 Å². The van der Waals surface area contributed by atoms with Crippen LogP contribution in [0.4, 0.5) is 0 Å². The fourth-order valence-electron chi connectivity index (χ4n) is 9.27. The third-order valence-electron chi connectivity index (χ3n) is 12.1. The van der Waals surface area contributed by atoms with Crippen molar-refractivity contribution >= 4 is 64.9 Å². The normalized spacial score (nSPS) is 11.7. The Hall–Kier alpha value is -7.88. The quantitative estimate of drug-likeness (QED) is 0.164. The average molecular weight is 750 g/mol. The number of hydrogen-bond acceptors (Lipinski definition) is 2. The first-order chi connectivity index (χ1) is 29.2. The summed E-state index contributed by atoms with van der Waals surface area (Å²) in [6, 6.07) is 72.7. The molecule has 0 radical (unpaired) electrons. The summed E-state index contributed by atoms with van der Waals surface area (Å²) in [5, 5.41) is 12.2. The summed E-state index contributed by atoms with van der Waals surface area (Å²) < 4.78 is 2.24. The molecule has 3 aromatic heterocycles. The van der Waals surface area contributed by atoms with E-state index in [0.29, 0.717) is 0 Å². The number of nitrogens with zero attached hydrogens (tertiary/aromatic N) is 3. The summed E-state index contributed by atoms with van der Waals surface area (Å²) >= 11 is 0. The Bertz CT molecular complexity index is 3560. The summed E-state index contributed by atoms with van der Waals surface area (Å²) in [7, 11) is 0. The van der Waals surface area contributed by atoms with Gasteiger partial charge in [0.05, 0.1) is 16.7 Å². The lowest BCUT2D eigenvalue weighted by molar-refractivity contribution is 1.08. The minimum Gasteiger partial charge on any atom is -0.294 e. The molecule has 0 atom stereocenters. The predicted octanol–water partition coefficient (Wildman–Crippen LogP) is 14.9. The number of aromatic nitrogens is 3. The highest BCUT2D eigenvalue weighted by atomic mass is 15.1. The van der Waals surface area contributed by atoms with Gasteiger partial charge in [0.2, 0.25) is 0 Å². The van der Waals surface area contributed by atoms with Crippen LogP contribution in [-0.4, -0.2) is 14.5 Å². The zero-order valence-corrected chi connectivity index (χ0v) is 32.0. The van der Waals surface area contributed by atoms with Gasteiger partial charge in [-0.3, -0.25) is 9.55 Å². The molecule has 0 aliphatic heterocycles. The van der Waals surface area contributed by atoms with E-state index in [9.17, 15) is 0 Å². The van der Waals surface area contributed by atoms with Crippen molar-refractivity contribution in [2.24, 2.45) is 0 Å². The molecular weight excluding hydrogens is 715 g/mol. The van der Waals surface area contributed by atoms with Crippen molar-refractivity contribution in [1.82, 2.24) is 14.5 Å². The lowest BCUT2D eigenvalue weighted by Gasteiger charge is -2.19. The standard InChI is InChI=1S/C56H35N3/c1-3-12-40-32-43(26-22-36(40)10-1)55-46-15-5-6-16-47(46)56(44-27-23-37-11-2-4-13-41(37)33-44)49-34-42(28-29-48(49)55)38-20-24-39(25-21-38)51-17-9-19-54(58-51)59-52-18-8-7-14-45(52)50-35-57-31-30-53(50)59/h1-35H. The highest BCUT2D eigenvalue weighted by molar-refractivity contribution is 6.22. The van der Waals surface area contributed by atoms with Crippen molar-refractivity contribution in [2.75, 3.05) is 0 Å². The fraction of sp³-hybridized carbons (Fsp3) is 0. The van der Waals surface area contributed by atoms with E-state index in [-0.39, 0.29) is 0 Å². The molecule has 0 fully saturated rings. The second kappa shape index (κ2) is 13.4. The zero-order chi connectivity index (χ0) is 38.9. The van der Waals surface area contributed by atoms with Gasteiger partial charge in [-0.2, -0.15) is 0 Å². The molecule has 12 rings (SSSR count). The highest BCUT2D eigenvalue weighted by Crippen LogP contribution is 2.46. The molecule has 59 heavy (non-hydrogen) atoms. The maximum atomic E-state index is 5.22. The van der Waals surface area contributed by atoms with Gasteiger partial charge in [0.1, 0.15) is 5.82 Å². The summed E-state index contributed by atoms with van der Waals surface area (Å²) in [5.74, 6) is 0.883. The van der Waals surface area contributed by atoms with Gasteiger partial charge in [-0.05, 0) is 119 Å². The Morgan fingerprint density at radius 3 is 1.58 bits per heavy atom. The maximum Gasteiger partial charge on any atom is 0.138 e. The summed E-state index contributed by atoms with van der Waals surface area (Å²) in [6.07, 6.45) is 3.80. The zero-order valence-electron chi connectivity index (χ0n) is 32.0. The van der Waals surface area contributed by atoms with E-state index >= 15 is 0 Å². The molecule has 3 nitrogen and oxygen atoms in total. The molecule has 3 heterocycles. The van der Waals surface area contributed by atoms with Crippen molar-refractivity contribution < 1.29 is 0 Å². The minimum absolute atomic E-state index is 0.883. The van der Waals surface area contributed by atoms with Crippen molar-refractivity contribution in [3.8, 4) is 50.5 Å². The molecule has 0 aliphatic rings. The number of para-hydroxylation sites is 1. The average Bonchev–Trinajstić information content (AvgIpc) is 3.65. The van der Waals surface area contributed by atoms with Crippen molar-refractivity contribution in [3.63, 3.8) is 0 Å². The van der Waals surface area contributed by atoms with Gasteiger partial charge in [-0.25, -0.2) is 4.98 Å². The maximum absolute atomic E-state index is 5.22. The molecule has 12 aromatic rings. The number of benzene rings is 9. The van der Waals surface area contributed by atoms with Gasteiger partial charge in [0.15, 0.2) is 0 Å². The topological polar surface area (TPSA) is 30.7 Å². The van der Waals surface area contributed by atoms with Gasteiger partial charge >= 0.3 is 0 Å². The van der Waals surface area contributed by atoms with Gasteiger partial charge in [-0.1, -0.05) is 158 Å². The number of pyridine rings is 2. The summed E-state index contributed by atoms with van der Waals surface area (Å²) in [6.45, 7) is 0. The second-order valence-electron chi connectivity index (χ2n) is 15.4. The first-order valence-electron chi connectivity index (χ1n) is 20.1. The molecular formula is C56H35N3. The third-order valence-corrected chi connectivity index (χ3v) is 12.1. The van der Waals surface area contributed by atoms with Crippen molar-refractivity contribution in [3.05, 3.63) is 213 Å². The van der Waals surface area contributed by atoms with E-state index in [0.717, 1.165) is 39.1 Å². The SMILES string of the molecule is c1cc(-c2ccc(-c3ccc4c(-c5ccc6ccccc6c5)c5ccccc5c(-c5ccc6ccccc6c5)c4c3)cc2)nc(-n2c3ccccc3c3cnccc32)c1. The Kier molecular flexibility index (Phi) is 7.54. The monoisotopic (exact) mass is 749 g/mol. The Morgan fingerprint density at radius 2 is 0.864 bits per heavy atom. The van der Waals surface area contributed by atoms with E-state index in [1.165, 1.54) is 76.3 Å². The highest BCUT2D eigenvalue weighted by Gasteiger charge is 2.19. The fourth-order valence-corrected chi connectivity index (χ4v) is 9.27. The van der Waals surface area contributed by atoms with E-state index in [2.05, 4.69) is 210 Å². The van der Waals surface area contributed by atoms with E-state index in [1.54, 1.807) is 0 Å². The third kappa shape index (κ3) is 5.44. The van der Waals surface area contributed by atoms with Gasteiger partial charge in [-0.15, -0.1) is 0 Å². The lowest BCUT2D eigenvalue weighted by Crippen LogP contribution is -1.98. The van der Waals surface area contributed by atoms with Crippen LogP contribution in [0.2, 0.25) is 0 Å². The van der Waals surface area contributed by atoms with Crippen molar-refractivity contribution in [2.45, 2.75) is 0 Å². The molecule has 0 saturated heterocycles. The molecule has 0 saturated carbocycles. The second-order valence-corrected chi connectivity index (χ2v) is 15.4. The molecule has 0 bridgehead atoms. The van der Waals surface area contributed by atoms with E-state index in [4.69, 9.17) is 4.98 Å². The van der Waals surface area contributed by atoms with Crippen LogP contribution in [0.3, 0.4) is 0 Å². The molecule has 274 valence electrons. The Morgan fingerprint density at radius 1 is 0.322 bits per heavy atom. The van der Waals surface area contributed by atoms with Crippen LogP contribution < -0.4 is 0 Å². The lowest BCUT2D eigenvalue weighted by atomic mass is 9.84. The first kappa shape index (κ1) is 33.3. The number of rotatable bonds is 5. The minimum atomic E-state index is 0.883. The molecule has 3 heteroatoms. The number of fused-ring (bicyclic) bond motifs is 7. The first-order valence-corrected chi connectivity index (χ1v) is 20.1. The van der Waals surface area contributed by atoms with Crippen LogP contribution in [0.15, 0.2) is 213 Å². The van der Waals surface area contributed by atoms with Crippen molar-refractivity contribution in [1.29, 1.82) is 0 Å². The molecule has 0 spiro atoms. The smallest absolute Gasteiger partial charge is 0.138 e. The summed E-state index contributed by atoms with van der Waals surface area (Å²) in [4.78, 5) is 9.65. The molecule has 9 aromatic carbocycles. The van der Waals surface area contributed by atoms with Crippen LogP contribution in [0.1, 0.15) is 0 Å². The molecule has 0 amide bonds. The van der Waals surface area contributed by atoms with Gasteiger partial charge < -0.3 is 0 Å². The predicted molar refractivity (Wildman–Crippen MR) is 248 cm³/mol. The van der Waals surface area contributed by atoms with Crippen LogP contribution in [-0.2, 0) is 0 Å². The molecule has 0 N–H and O–H groups in total. The molecule has 0 unspecified atom stereocenters. The van der Waals surface area contributed by atoms with Crippen LogP contribution in [0, 0.1) is 0 Å². The van der Waals surface area contributed by atoms with E-state index < -0.39 is 0 Å². The summed E-state index contributed by atoms with van der Waals surface area (Å²) in [5.41, 5.74) is 11.5. The van der Waals surface area contributed by atoms with Crippen LogP contribution >= 0.6 is 0 Å². The van der Waals surface area contributed by atoms with Crippen LogP contribution in [0.5, 0.6) is 0 Å². The molecule has 0 aliphatic carbocycles.